The third-order valence-electron chi connectivity index (χ3n) is 3.09. The van der Waals surface area contributed by atoms with Crippen LogP contribution >= 0.6 is 0 Å². The molecule has 1 aromatic rings. The number of benzene rings is 1. The SMILES string of the molecule is COC(=O)CCCN(C)C(=O)[C@H](N)Cc1ccccc1. The van der Waals surface area contributed by atoms with E-state index in [1.165, 1.54) is 7.11 Å². The Labute approximate surface area is 119 Å². The van der Waals surface area contributed by atoms with Crippen LogP contribution in [0.25, 0.3) is 0 Å². The van der Waals surface area contributed by atoms with Crippen LogP contribution in [0.2, 0.25) is 0 Å². The second-order valence-electron chi connectivity index (χ2n) is 4.74. The Morgan fingerprint density at radius 1 is 1.30 bits per heavy atom. The Hall–Kier alpha value is -1.88. The number of ether oxygens (including phenoxy) is 1. The highest BCUT2D eigenvalue weighted by Crippen LogP contribution is 2.04. The van der Waals surface area contributed by atoms with Gasteiger partial charge < -0.3 is 15.4 Å². The zero-order valence-corrected chi connectivity index (χ0v) is 12.0. The van der Waals surface area contributed by atoms with E-state index in [0.717, 1.165) is 5.56 Å². The lowest BCUT2D eigenvalue weighted by atomic mass is 10.1. The van der Waals surface area contributed by atoms with Gasteiger partial charge in [-0.3, -0.25) is 9.59 Å². The number of likely N-dealkylation sites (N-methyl/N-ethyl adjacent to an activating group) is 1. The van der Waals surface area contributed by atoms with Crippen molar-refractivity contribution in [1.82, 2.24) is 4.90 Å². The second kappa shape index (κ2) is 8.32. The molecular formula is C15H22N2O3. The van der Waals surface area contributed by atoms with Gasteiger partial charge in [0, 0.05) is 20.0 Å². The number of carbonyl (C=O) groups excluding carboxylic acids is 2. The number of methoxy groups -OCH3 is 1. The molecule has 0 aliphatic carbocycles. The molecule has 0 saturated heterocycles. The summed E-state index contributed by atoms with van der Waals surface area (Å²) in [7, 11) is 3.05. The van der Waals surface area contributed by atoms with Crippen LogP contribution in [0.3, 0.4) is 0 Å². The van der Waals surface area contributed by atoms with E-state index in [2.05, 4.69) is 4.74 Å². The van der Waals surface area contributed by atoms with E-state index in [9.17, 15) is 9.59 Å². The van der Waals surface area contributed by atoms with Gasteiger partial charge in [-0.1, -0.05) is 30.3 Å². The Bertz CT molecular complexity index is 434. The van der Waals surface area contributed by atoms with Gasteiger partial charge in [-0.25, -0.2) is 0 Å². The van der Waals surface area contributed by atoms with Crippen molar-refractivity contribution < 1.29 is 14.3 Å². The highest BCUT2D eigenvalue weighted by atomic mass is 16.5. The summed E-state index contributed by atoms with van der Waals surface area (Å²) >= 11 is 0. The molecule has 0 unspecified atom stereocenters. The Morgan fingerprint density at radius 2 is 1.95 bits per heavy atom. The molecule has 0 heterocycles. The van der Waals surface area contributed by atoms with Gasteiger partial charge in [-0.05, 0) is 18.4 Å². The zero-order valence-electron chi connectivity index (χ0n) is 12.0. The maximum atomic E-state index is 12.1. The number of nitrogens with two attached hydrogens (primary N) is 1. The van der Waals surface area contributed by atoms with Crippen LogP contribution in [0.1, 0.15) is 18.4 Å². The van der Waals surface area contributed by atoms with Crippen molar-refractivity contribution in [2.75, 3.05) is 20.7 Å². The van der Waals surface area contributed by atoms with Crippen molar-refractivity contribution in [3.63, 3.8) is 0 Å². The lowest BCUT2D eigenvalue weighted by Crippen LogP contribution is -2.43. The molecule has 110 valence electrons. The minimum Gasteiger partial charge on any atom is -0.469 e. The standard InChI is InChI=1S/C15H22N2O3/c1-17(10-6-9-14(18)20-2)15(19)13(16)11-12-7-4-3-5-8-12/h3-5,7-8,13H,6,9-11,16H2,1-2H3/t13-/m1/s1. The van der Waals surface area contributed by atoms with E-state index in [-0.39, 0.29) is 11.9 Å². The van der Waals surface area contributed by atoms with E-state index in [0.29, 0.717) is 25.8 Å². The monoisotopic (exact) mass is 278 g/mol. The van der Waals surface area contributed by atoms with Gasteiger partial charge in [-0.15, -0.1) is 0 Å². The van der Waals surface area contributed by atoms with Crippen molar-refractivity contribution in [3.8, 4) is 0 Å². The molecule has 0 aliphatic rings. The van der Waals surface area contributed by atoms with Crippen LogP contribution in [0.5, 0.6) is 0 Å². The summed E-state index contributed by atoms with van der Waals surface area (Å²) in [6.07, 6.45) is 1.40. The molecule has 20 heavy (non-hydrogen) atoms. The molecule has 1 atom stereocenters. The molecule has 2 N–H and O–H groups in total. The molecule has 5 nitrogen and oxygen atoms in total. The molecule has 0 radical (unpaired) electrons. The second-order valence-corrected chi connectivity index (χ2v) is 4.74. The summed E-state index contributed by atoms with van der Waals surface area (Å²) in [4.78, 5) is 24.6. The normalized spacial score (nSPS) is 11.8. The third kappa shape index (κ3) is 5.40. The highest BCUT2D eigenvalue weighted by Gasteiger charge is 2.18. The fourth-order valence-electron chi connectivity index (χ4n) is 1.91. The number of rotatable bonds is 7. The summed E-state index contributed by atoms with van der Waals surface area (Å²) < 4.78 is 4.55. The van der Waals surface area contributed by atoms with Crippen molar-refractivity contribution in [3.05, 3.63) is 35.9 Å². The van der Waals surface area contributed by atoms with E-state index in [4.69, 9.17) is 5.73 Å². The first-order chi connectivity index (χ1) is 9.54. The minimum atomic E-state index is -0.555. The van der Waals surface area contributed by atoms with Crippen LogP contribution in [-0.2, 0) is 20.7 Å². The van der Waals surface area contributed by atoms with E-state index < -0.39 is 6.04 Å². The van der Waals surface area contributed by atoms with Crippen molar-refractivity contribution >= 4 is 11.9 Å². The first-order valence-electron chi connectivity index (χ1n) is 6.66. The van der Waals surface area contributed by atoms with Gasteiger partial charge in [0.1, 0.15) is 0 Å². The topological polar surface area (TPSA) is 72.6 Å². The van der Waals surface area contributed by atoms with Gasteiger partial charge >= 0.3 is 5.97 Å². The van der Waals surface area contributed by atoms with Crippen molar-refractivity contribution in [2.45, 2.75) is 25.3 Å². The minimum absolute atomic E-state index is 0.112. The van der Waals surface area contributed by atoms with E-state index in [1.54, 1.807) is 11.9 Å². The Kier molecular flexibility index (Phi) is 6.73. The Balaban J connectivity index is 2.38. The summed E-state index contributed by atoms with van der Waals surface area (Å²) in [6.45, 7) is 0.496. The fourth-order valence-corrected chi connectivity index (χ4v) is 1.91. The molecule has 0 bridgehead atoms. The third-order valence-corrected chi connectivity index (χ3v) is 3.09. The summed E-state index contributed by atoms with van der Waals surface area (Å²) in [5.74, 6) is -0.377. The predicted octanol–water partition coefficient (Wildman–Crippen LogP) is 0.968. The molecule has 0 aliphatic heterocycles. The molecule has 1 amide bonds. The molecule has 1 rings (SSSR count). The van der Waals surface area contributed by atoms with Crippen LogP contribution in [0, 0.1) is 0 Å². The van der Waals surface area contributed by atoms with Gasteiger partial charge in [0.25, 0.3) is 0 Å². The summed E-state index contributed by atoms with van der Waals surface area (Å²) in [6, 6.07) is 9.12. The maximum absolute atomic E-state index is 12.1. The number of amides is 1. The van der Waals surface area contributed by atoms with Crippen LogP contribution in [-0.4, -0.2) is 43.5 Å². The molecule has 0 fully saturated rings. The fraction of sp³-hybridized carbons (Fsp3) is 0.467. The smallest absolute Gasteiger partial charge is 0.305 e. The molecule has 5 heteroatoms. The van der Waals surface area contributed by atoms with Gasteiger partial charge in [-0.2, -0.15) is 0 Å². The average molecular weight is 278 g/mol. The summed E-state index contributed by atoms with van der Waals surface area (Å²) in [5, 5.41) is 0. The average Bonchev–Trinajstić information content (AvgIpc) is 2.47. The highest BCUT2D eigenvalue weighted by molar-refractivity contribution is 5.81. The van der Waals surface area contributed by atoms with Gasteiger partial charge in [0.15, 0.2) is 0 Å². The van der Waals surface area contributed by atoms with Crippen LogP contribution in [0.15, 0.2) is 30.3 Å². The van der Waals surface area contributed by atoms with Gasteiger partial charge in [0.05, 0.1) is 13.2 Å². The van der Waals surface area contributed by atoms with E-state index in [1.807, 2.05) is 30.3 Å². The lowest BCUT2D eigenvalue weighted by Gasteiger charge is -2.21. The molecule has 0 spiro atoms. The molecule has 1 aromatic carbocycles. The predicted molar refractivity (Wildman–Crippen MR) is 77.0 cm³/mol. The van der Waals surface area contributed by atoms with E-state index >= 15 is 0 Å². The quantitative estimate of drug-likeness (QED) is 0.754. The first-order valence-corrected chi connectivity index (χ1v) is 6.66. The van der Waals surface area contributed by atoms with Crippen molar-refractivity contribution in [1.29, 1.82) is 0 Å². The molecule has 0 saturated carbocycles. The zero-order chi connectivity index (χ0) is 15.0. The number of hydrogen-bond acceptors (Lipinski definition) is 4. The van der Waals surface area contributed by atoms with Gasteiger partial charge in [0.2, 0.25) is 5.91 Å². The summed E-state index contributed by atoms with van der Waals surface area (Å²) in [5.41, 5.74) is 6.96. The molecular weight excluding hydrogens is 256 g/mol. The number of nitrogens with zero attached hydrogens (tertiary/aromatic N) is 1. The molecule has 0 aromatic heterocycles. The first kappa shape index (κ1) is 16.2. The largest absolute Gasteiger partial charge is 0.469 e. The van der Waals surface area contributed by atoms with Crippen LogP contribution < -0.4 is 5.73 Å². The lowest BCUT2D eigenvalue weighted by molar-refractivity contribution is -0.141. The van der Waals surface area contributed by atoms with Crippen molar-refractivity contribution in [2.24, 2.45) is 5.73 Å². The number of hydrogen-bond donors (Lipinski definition) is 1. The number of esters is 1. The number of carbonyl (C=O) groups is 2. The maximum Gasteiger partial charge on any atom is 0.305 e. The Morgan fingerprint density at radius 3 is 2.55 bits per heavy atom. The van der Waals surface area contributed by atoms with Crippen LogP contribution in [0.4, 0.5) is 0 Å².